The van der Waals surface area contributed by atoms with Gasteiger partial charge in [0.05, 0.1) is 26.2 Å². The Kier molecular flexibility index (Phi) is 7.67. The molecule has 0 radical (unpaired) electrons. The van der Waals surface area contributed by atoms with Gasteiger partial charge in [-0.2, -0.15) is 0 Å². The Labute approximate surface area is 167 Å². The maximum absolute atomic E-state index is 12.8. The summed E-state index contributed by atoms with van der Waals surface area (Å²) in [5, 5.41) is 0. The highest BCUT2D eigenvalue weighted by Gasteiger charge is 2.30. The standard InChI is InChI=1S/C20H33N3O5/c1-27-20(26)7-11-21-12-17(28-15-16-5-6-16)13-23(19(25)14-21)10-3-9-22-8-2-4-18(22)24/h16-17H,2-15H2,1H3. The van der Waals surface area contributed by atoms with E-state index in [-0.39, 0.29) is 30.3 Å². The maximum atomic E-state index is 12.8. The van der Waals surface area contributed by atoms with Crippen molar-refractivity contribution in [3.8, 4) is 0 Å². The van der Waals surface area contributed by atoms with Crippen molar-refractivity contribution in [2.24, 2.45) is 5.92 Å². The smallest absolute Gasteiger partial charge is 0.306 e. The lowest BCUT2D eigenvalue weighted by Gasteiger charge is -2.25. The highest BCUT2D eigenvalue weighted by molar-refractivity contribution is 5.79. The van der Waals surface area contributed by atoms with E-state index in [0.29, 0.717) is 51.6 Å². The molecule has 0 aromatic rings. The zero-order valence-electron chi connectivity index (χ0n) is 16.9. The second-order valence-corrected chi connectivity index (χ2v) is 8.14. The normalized spacial score (nSPS) is 24.0. The molecular formula is C20H33N3O5. The van der Waals surface area contributed by atoms with Crippen LogP contribution in [0.4, 0.5) is 0 Å². The van der Waals surface area contributed by atoms with E-state index in [4.69, 9.17) is 9.47 Å². The van der Waals surface area contributed by atoms with E-state index in [9.17, 15) is 14.4 Å². The first kappa shape index (κ1) is 21.0. The van der Waals surface area contributed by atoms with E-state index in [2.05, 4.69) is 0 Å². The van der Waals surface area contributed by atoms with Gasteiger partial charge < -0.3 is 19.3 Å². The third-order valence-electron chi connectivity index (χ3n) is 5.75. The van der Waals surface area contributed by atoms with Gasteiger partial charge in [0.1, 0.15) is 0 Å². The average molecular weight is 396 g/mol. The molecule has 2 heterocycles. The zero-order chi connectivity index (χ0) is 19.9. The van der Waals surface area contributed by atoms with Gasteiger partial charge in [-0.3, -0.25) is 19.3 Å². The van der Waals surface area contributed by atoms with E-state index in [1.807, 2.05) is 14.7 Å². The predicted octanol–water partition coefficient (Wildman–Crippen LogP) is 0.501. The average Bonchev–Trinajstić information content (AvgIpc) is 3.45. The summed E-state index contributed by atoms with van der Waals surface area (Å²) in [7, 11) is 1.38. The number of ether oxygens (including phenoxy) is 2. The van der Waals surface area contributed by atoms with Gasteiger partial charge in [-0.05, 0) is 31.6 Å². The van der Waals surface area contributed by atoms with Gasteiger partial charge in [-0.1, -0.05) is 0 Å². The van der Waals surface area contributed by atoms with Gasteiger partial charge in [0, 0.05) is 52.3 Å². The van der Waals surface area contributed by atoms with Gasteiger partial charge in [-0.15, -0.1) is 0 Å². The summed E-state index contributed by atoms with van der Waals surface area (Å²) in [6.45, 7) is 4.95. The fraction of sp³-hybridized carbons (Fsp3) is 0.850. The molecule has 1 saturated carbocycles. The quantitative estimate of drug-likeness (QED) is 0.501. The van der Waals surface area contributed by atoms with Gasteiger partial charge in [0.25, 0.3) is 0 Å². The summed E-state index contributed by atoms with van der Waals surface area (Å²) in [5.41, 5.74) is 0. The minimum Gasteiger partial charge on any atom is -0.469 e. The summed E-state index contributed by atoms with van der Waals surface area (Å²) in [6, 6.07) is 0. The Balaban J connectivity index is 1.51. The molecule has 28 heavy (non-hydrogen) atoms. The molecule has 8 nitrogen and oxygen atoms in total. The van der Waals surface area contributed by atoms with E-state index in [0.717, 1.165) is 26.0 Å². The SMILES string of the molecule is COC(=O)CCN1CC(=O)N(CCCN2CCCC2=O)CC(OCC2CC2)C1. The van der Waals surface area contributed by atoms with Gasteiger partial charge in [0.2, 0.25) is 11.8 Å². The Bertz CT molecular complexity index is 566. The topological polar surface area (TPSA) is 79.4 Å². The molecule has 0 spiro atoms. The molecule has 2 aliphatic heterocycles. The summed E-state index contributed by atoms with van der Waals surface area (Å²) in [5.74, 6) is 0.688. The van der Waals surface area contributed by atoms with Crippen LogP contribution in [0.25, 0.3) is 0 Å². The van der Waals surface area contributed by atoms with Crippen LogP contribution in [-0.4, -0.2) is 98.1 Å². The third kappa shape index (κ3) is 6.44. The third-order valence-corrected chi connectivity index (χ3v) is 5.75. The number of rotatable bonds is 10. The fourth-order valence-electron chi connectivity index (χ4n) is 3.84. The molecule has 1 aliphatic carbocycles. The minimum absolute atomic E-state index is 0.0434. The van der Waals surface area contributed by atoms with Crippen molar-refractivity contribution < 1.29 is 23.9 Å². The molecule has 0 aromatic carbocycles. The summed E-state index contributed by atoms with van der Waals surface area (Å²) >= 11 is 0. The van der Waals surface area contributed by atoms with Crippen molar-refractivity contribution in [2.75, 3.05) is 59.5 Å². The van der Waals surface area contributed by atoms with E-state index in [1.165, 1.54) is 20.0 Å². The van der Waals surface area contributed by atoms with Crippen molar-refractivity contribution in [1.82, 2.24) is 14.7 Å². The molecule has 1 unspecified atom stereocenters. The van der Waals surface area contributed by atoms with Crippen molar-refractivity contribution in [3.05, 3.63) is 0 Å². The highest BCUT2D eigenvalue weighted by Crippen LogP contribution is 2.29. The Morgan fingerprint density at radius 2 is 1.86 bits per heavy atom. The van der Waals surface area contributed by atoms with E-state index >= 15 is 0 Å². The highest BCUT2D eigenvalue weighted by atomic mass is 16.5. The van der Waals surface area contributed by atoms with Crippen LogP contribution in [0.2, 0.25) is 0 Å². The molecular weight excluding hydrogens is 362 g/mol. The molecule has 3 fully saturated rings. The first-order chi connectivity index (χ1) is 13.5. The summed E-state index contributed by atoms with van der Waals surface area (Å²) in [4.78, 5) is 41.8. The molecule has 8 heteroatoms. The molecule has 3 aliphatic rings. The number of amides is 2. The number of carbonyl (C=O) groups is 3. The lowest BCUT2D eigenvalue weighted by molar-refractivity contribution is -0.141. The van der Waals surface area contributed by atoms with Crippen molar-refractivity contribution >= 4 is 17.8 Å². The monoisotopic (exact) mass is 395 g/mol. The first-order valence-corrected chi connectivity index (χ1v) is 10.5. The zero-order valence-corrected chi connectivity index (χ0v) is 16.9. The van der Waals surface area contributed by atoms with Crippen LogP contribution in [-0.2, 0) is 23.9 Å². The molecule has 0 aromatic heterocycles. The number of hydrogen-bond donors (Lipinski definition) is 0. The number of hydrogen-bond acceptors (Lipinski definition) is 6. The second kappa shape index (κ2) is 10.2. The molecule has 3 rings (SSSR count). The molecule has 0 bridgehead atoms. The van der Waals surface area contributed by atoms with Crippen molar-refractivity contribution in [3.63, 3.8) is 0 Å². The Morgan fingerprint density at radius 3 is 2.54 bits per heavy atom. The van der Waals surface area contributed by atoms with Gasteiger partial charge >= 0.3 is 5.97 Å². The molecule has 158 valence electrons. The molecule has 0 N–H and O–H groups in total. The number of carbonyl (C=O) groups excluding carboxylic acids is 3. The van der Waals surface area contributed by atoms with E-state index in [1.54, 1.807) is 0 Å². The fourth-order valence-corrected chi connectivity index (χ4v) is 3.84. The second-order valence-electron chi connectivity index (χ2n) is 8.14. The largest absolute Gasteiger partial charge is 0.469 e. The van der Waals surface area contributed by atoms with Crippen molar-refractivity contribution in [1.29, 1.82) is 0 Å². The summed E-state index contributed by atoms with van der Waals surface area (Å²) < 4.78 is 10.8. The molecule has 1 atom stereocenters. The summed E-state index contributed by atoms with van der Waals surface area (Å²) in [6.07, 6.45) is 5.06. The van der Waals surface area contributed by atoms with Crippen LogP contribution in [0.15, 0.2) is 0 Å². The molecule has 2 saturated heterocycles. The minimum atomic E-state index is -0.265. The van der Waals surface area contributed by atoms with E-state index < -0.39 is 0 Å². The number of likely N-dealkylation sites (tertiary alicyclic amines) is 1. The first-order valence-electron chi connectivity index (χ1n) is 10.5. The Morgan fingerprint density at radius 1 is 1.07 bits per heavy atom. The maximum Gasteiger partial charge on any atom is 0.306 e. The Hall–Kier alpha value is -1.67. The van der Waals surface area contributed by atoms with Crippen LogP contribution in [0.3, 0.4) is 0 Å². The van der Waals surface area contributed by atoms with Crippen LogP contribution in [0, 0.1) is 5.92 Å². The number of methoxy groups -OCH3 is 1. The van der Waals surface area contributed by atoms with Crippen LogP contribution >= 0.6 is 0 Å². The molecule has 2 amide bonds. The van der Waals surface area contributed by atoms with Crippen LogP contribution in [0.5, 0.6) is 0 Å². The predicted molar refractivity (Wildman–Crippen MR) is 103 cm³/mol. The van der Waals surface area contributed by atoms with Gasteiger partial charge in [-0.25, -0.2) is 0 Å². The number of esters is 1. The van der Waals surface area contributed by atoms with Crippen molar-refractivity contribution in [2.45, 2.75) is 44.6 Å². The van der Waals surface area contributed by atoms with Crippen LogP contribution < -0.4 is 0 Å². The van der Waals surface area contributed by atoms with Gasteiger partial charge in [0.15, 0.2) is 0 Å². The lowest BCUT2D eigenvalue weighted by atomic mass is 10.2. The lowest BCUT2D eigenvalue weighted by Crippen LogP contribution is -2.40. The van der Waals surface area contributed by atoms with Crippen LogP contribution in [0.1, 0.15) is 38.5 Å². The number of nitrogens with zero attached hydrogens (tertiary/aromatic N) is 3.